The molecule has 3 rings (SSSR count). The number of nitrogens with one attached hydrogen (secondary N) is 2. The lowest BCUT2D eigenvalue weighted by Crippen LogP contribution is -2.41. The smallest absolute Gasteiger partial charge is 0.293 e. The van der Waals surface area contributed by atoms with Gasteiger partial charge >= 0.3 is 0 Å². The SMILES string of the molecule is O=C(CNC(=O)c1ccsc1)NCCN1C(=O)S/C(=C\c2ccc(Cl)cc2Cl)C1=O. The van der Waals surface area contributed by atoms with Crippen LogP contribution in [0.5, 0.6) is 0 Å². The third-order valence-electron chi connectivity index (χ3n) is 3.97. The van der Waals surface area contributed by atoms with Gasteiger partial charge < -0.3 is 10.6 Å². The Morgan fingerprint density at radius 2 is 1.93 bits per heavy atom. The Kier molecular flexibility index (Phi) is 7.54. The molecular formula is C19H15Cl2N3O4S2. The van der Waals surface area contributed by atoms with Gasteiger partial charge in [-0.1, -0.05) is 29.3 Å². The molecule has 156 valence electrons. The normalized spacial score (nSPS) is 15.0. The summed E-state index contributed by atoms with van der Waals surface area (Å²) in [6.07, 6.45) is 1.53. The summed E-state index contributed by atoms with van der Waals surface area (Å²) >= 11 is 14.1. The van der Waals surface area contributed by atoms with Crippen LogP contribution in [-0.2, 0) is 9.59 Å². The maximum Gasteiger partial charge on any atom is 0.293 e. The van der Waals surface area contributed by atoms with Crippen LogP contribution in [0, 0.1) is 0 Å². The van der Waals surface area contributed by atoms with E-state index in [1.807, 2.05) is 0 Å². The van der Waals surface area contributed by atoms with E-state index >= 15 is 0 Å². The highest BCUT2D eigenvalue weighted by Gasteiger charge is 2.34. The quantitative estimate of drug-likeness (QED) is 0.586. The molecule has 2 N–H and O–H groups in total. The number of benzene rings is 1. The zero-order valence-electron chi connectivity index (χ0n) is 15.3. The van der Waals surface area contributed by atoms with E-state index < -0.39 is 17.1 Å². The Hall–Kier alpha value is -2.33. The number of thiophene rings is 1. The number of hydrogen-bond acceptors (Lipinski definition) is 6. The third-order valence-corrected chi connectivity index (χ3v) is 6.13. The lowest BCUT2D eigenvalue weighted by atomic mass is 10.2. The van der Waals surface area contributed by atoms with Gasteiger partial charge in [0.1, 0.15) is 0 Å². The van der Waals surface area contributed by atoms with Gasteiger partial charge in [0, 0.05) is 34.1 Å². The molecule has 0 saturated carbocycles. The molecule has 0 atom stereocenters. The van der Waals surface area contributed by atoms with E-state index in [2.05, 4.69) is 10.6 Å². The van der Waals surface area contributed by atoms with Gasteiger partial charge in [0.15, 0.2) is 0 Å². The van der Waals surface area contributed by atoms with Crippen molar-refractivity contribution in [3.05, 3.63) is 61.1 Å². The van der Waals surface area contributed by atoms with Gasteiger partial charge in [0.05, 0.1) is 11.4 Å². The Bertz CT molecular complexity index is 1020. The van der Waals surface area contributed by atoms with E-state index in [1.165, 1.54) is 17.4 Å². The van der Waals surface area contributed by atoms with Crippen LogP contribution in [0.3, 0.4) is 0 Å². The molecule has 1 aromatic heterocycles. The number of halogens is 2. The number of amides is 4. The number of rotatable bonds is 7. The van der Waals surface area contributed by atoms with Crippen molar-refractivity contribution >= 4 is 75.3 Å². The molecule has 30 heavy (non-hydrogen) atoms. The van der Waals surface area contributed by atoms with Gasteiger partial charge in [-0.2, -0.15) is 11.3 Å². The Morgan fingerprint density at radius 3 is 2.63 bits per heavy atom. The Balaban J connectivity index is 1.49. The average molecular weight is 484 g/mol. The zero-order valence-corrected chi connectivity index (χ0v) is 18.5. The number of carbonyl (C=O) groups is 4. The number of hydrogen-bond donors (Lipinski definition) is 2. The summed E-state index contributed by atoms with van der Waals surface area (Å²) in [5.74, 6) is -1.23. The van der Waals surface area contributed by atoms with Crippen LogP contribution in [-0.4, -0.2) is 47.5 Å². The summed E-state index contributed by atoms with van der Waals surface area (Å²) in [5.41, 5.74) is 1.06. The molecule has 0 spiro atoms. The number of imide groups is 1. The molecule has 0 bridgehead atoms. The second kappa shape index (κ2) is 10.1. The highest BCUT2D eigenvalue weighted by Crippen LogP contribution is 2.33. The lowest BCUT2D eigenvalue weighted by molar-refractivity contribution is -0.124. The van der Waals surface area contributed by atoms with E-state index in [-0.39, 0.29) is 30.4 Å². The zero-order chi connectivity index (χ0) is 21.7. The minimum atomic E-state index is -0.462. The maximum absolute atomic E-state index is 12.5. The first kappa shape index (κ1) is 22.4. The van der Waals surface area contributed by atoms with Gasteiger partial charge in [-0.3, -0.25) is 24.1 Å². The van der Waals surface area contributed by atoms with Crippen molar-refractivity contribution < 1.29 is 19.2 Å². The highest BCUT2D eigenvalue weighted by molar-refractivity contribution is 8.18. The molecule has 0 unspecified atom stereocenters. The second-order valence-electron chi connectivity index (χ2n) is 6.04. The summed E-state index contributed by atoms with van der Waals surface area (Å²) in [6, 6.07) is 6.49. The Labute approximate surface area is 190 Å². The Morgan fingerprint density at radius 1 is 1.13 bits per heavy atom. The summed E-state index contributed by atoms with van der Waals surface area (Å²) in [5, 5.41) is 8.91. The van der Waals surface area contributed by atoms with E-state index in [9.17, 15) is 19.2 Å². The monoisotopic (exact) mass is 483 g/mol. The second-order valence-corrected chi connectivity index (χ2v) is 8.66. The van der Waals surface area contributed by atoms with Gasteiger partial charge in [0.25, 0.3) is 17.1 Å². The van der Waals surface area contributed by atoms with E-state index in [0.29, 0.717) is 21.2 Å². The lowest BCUT2D eigenvalue weighted by Gasteiger charge is -2.13. The molecule has 2 heterocycles. The topological polar surface area (TPSA) is 95.6 Å². The van der Waals surface area contributed by atoms with Crippen molar-refractivity contribution in [2.75, 3.05) is 19.6 Å². The molecule has 1 aromatic carbocycles. The van der Waals surface area contributed by atoms with Crippen LogP contribution in [0.1, 0.15) is 15.9 Å². The molecule has 0 aliphatic carbocycles. The van der Waals surface area contributed by atoms with Crippen molar-refractivity contribution in [3.8, 4) is 0 Å². The van der Waals surface area contributed by atoms with Crippen LogP contribution < -0.4 is 10.6 Å². The maximum atomic E-state index is 12.5. The van der Waals surface area contributed by atoms with Gasteiger partial charge in [-0.25, -0.2) is 0 Å². The largest absolute Gasteiger partial charge is 0.353 e. The predicted molar refractivity (Wildman–Crippen MR) is 119 cm³/mol. The number of thioether (sulfide) groups is 1. The van der Waals surface area contributed by atoms with Crippen molar-refractivity contribution in [2.24, 2.45) is 0 Å². The number of nitrogens with zero attached hydrogens (tertiary/aromatic N) is 1. The van der Waals surface area contributed by atoms with Crippen molar-refractivity contribution in [1.29, 1.82) is 0 Å². The van der Waals surface area contributed by atoms with E-state index in [4.69, 9.17) is 23.2 Å². The molecule has 1 aliphatic heterocycles. The summed E-state index contributed by atoms with van der Waals surface area (Å²) in [7, 11) is 0. The highest BCUT2D eigenvalue weighted by atomic mass is 35.5. The van der Waals surface area contributed by atoms with E-state index in [0.717, 1.165) is 16.7 Å². The van der Waals surface area contributed by atoms with Gasteiger partial charge in [0.2, 0.25) is 5.91 Å². The fraction of sp³-hybridized carbons (Fsp3) is 0.158. The van der Waals surface area contributed by atoms with E-state index in [1.54, 1.807) is 35.0 Å². The standard InChI is InChI=1S/C19H15Cl2N3O4S2/c20-13-2-1-11(14(21)8-13)7-15-18(27)24(19(28)30-15)5-4-22-16(25)9-23-17(26)12-3-6-29-10-12/h1-3,6-8,10H,4-5,9H2,(H,22,25)(H,23,26)/b15-7-. The summed E-state index contributed by atoms with van der Waals surface area (Å²) in [4.78, 5) is 49.6. The van der Waals surface area contributed by atoms with Crippen LogP contribution >= 0.6 is 46.3 Å². The summed E-state index contributed by atoms with van der Waals surface area (Å²) in [6.45, 7) is -0.119. The van der Waals surface area contributed by atoms with Crippen molar-refractivity contribution in [3.63, 3.8) is 0 Å². The average Bonchev–Trinajstić information content (AvgIpc) is 3.33. The molecule has 2 aromatic rings. The summed E-state index contributed by atoms with van der Waals surface area (Å²) < 4.78 is 0. The fourth-order valence-corrected chi connectivity index (χ4v) is 4.43. The molecule has 1 aliphatic rings. The van der Waals surface area contributed by atoms with Crippen LogP contribution in [0.2, 0.25) is 10.0 Å². The fourth-order valence-electron chi connectivity index (χ4n) is 2.48. The van der Waals surface area contributed by atoms with Gasteiger partial charge in [-0.15, -0.1) is 0 Å². The molecule has 0 radical (unpaired) electrons. The van der Waals surface area contributed by atoms with Crippen molar-refractivity contribution in [1.82, 2.24) is 15.5 Å². The molecule has 7 nitrogen and oxygen atoms in total. The molecule has 1 fully saturated rings. The third kappa shape index (κ3) is 5.63. The molecule has 11 heteroatoms. The van der Waals surface area contributed by atoms with Crippen LogP contribution in [0.15, 0.2) is 39.9 Å². The molecule has 4 amide bonds. The predicted octanol–water partition coefficient (Wildman–Crippen LogP) is 3.64. The van der Waals surface area contributed by atoms with Crippen LogP contribution in [0.4, 0.5) is 4.79 Å². The van der Waals surface area contributed by atoms with Crippen molar-refractivity contribution in [2.45, 2.75) is 0 Å². The number of carbonyl (C=O) groups excluding carboxylic acids is 4. The molecular weight excluding hydrogens is 469 g/mol. The first-order valence-electron chi connectivity index (χ1n) is 8.62. The first-order valence-corrected chi connectivity index (χ1v) is 11.1. The minimum absolute atomic E-state index is 0.0145. The van der Waals surface area contributed by atoms with Crippen LogP contribution in [0.25, 0.3) is 6.08 Å². The first-order chi connectivity index (χ1) is 14.3. The van der Waals surface area contributed by atoms with Gasteiger partial charge in [-0.05, 0) is 47.0 Å². The molecule has 1 saturated heterocycles. The minimum Gasteiger partial charge on any atom is -0.353 e.